The van der Waals surface area contributed by atoms with Crippen LogP contribution in [0.5, 0.6) is 5.75 Å². The lowest BCUT2D eigenvalue weighted by atomic mass is 10.0. The summed E-state index contributed by atoms with van der Waals surface area (Å²) in [6, 6.07) is 8.82. The fourth-order valence-corrected chi connectivity index (χ4v) is 3.59. The Bertz CT molecular complexity index is 477. The second-order valence-electron chi connectivity index (χ2n) is 6.36. The van der Waals surface area contributed by atoms with Crippen molar-refractivity contribution in [2.75, 3.05) is 52.6 Å². The molecule has 1 unspecified atom stereocenters. The smallest absolute Gasteiger partial charge is 0.123 e. The molecule has 1 atom stereocenters. The number of nitrogens with zero attached hydrogens (tertiary/aromatic N) is 2. The molecule has 1 aromatic rings. The summed E-state index contributed by atoms with van der Waals surface area (Å²) < 4.78 is 11.1. The number of para-hydroxylation sites is 1. The van der Waals surface area contributed by atoms with E-state index < -0.39 is 0 Å². The van der Waals surface area contributed by atoms with Crippen LogP contribution in [0.2, 0.25) is 0 Å². The molecule has 2 aliphatic heterocycles. The molecule has 0 aromatic heterocycles. The third-order valence-corrected chi connectivity index (χ3v) is 4.76. The van der Waals surface area contributed by atoms with Crippen molar-refractivity contribution in [1.29, 1.82) is 0 Å². The van der Waals surface area contributed by atoms with Crippen molar-refractivity contribution in [3.63, 3.8) is 0 Å². The minimum Gasteiger partial charge on any atom is -0.491 e. The summed E-state index contributed by atoms with van der Waals surface area (Å²) in [4.78, 5) is 5.12. The SMILES string of the molecule is OCCOc1ccccc1CN1CCCC(N2CCOCC2)C1. The van der Waals surface area contributed by atoms with Gasteiger partial charge in [-0.25, -0.2) is 0 Å². The zero-order valence-electron chi connectivity index (χ0n) is 13.8. The Balaban J connectivity index is 1.59. The van der Waals surface area contributed by atoms with Gasteiger partial charge in [0, 0.05) is 37.8 Å². The molecular formula is C18H28N2O3. The molecule has 0 amide bonds. The summed E-state index contributed by atoms with van der Waals surface area (Å²) in [6.45, 7) is 7.46. The van der Waals surface area contributed by atoms with Crippen LogP contribution in [0.1, 0.15) is 18.4 Å². The van der Waals surface area contributed by atoms with Gasteiger partial charge in [0.05, 0.1) is 19.8 Å². The van der Waals surface area contributed by atoms with E-state index in [0.717, 1.165) is 51.7 Å². The molecule has 0 aliphatic carbocycles. The van der Waals surface area contributed by atoms with Gasteiger partial charge in [-0.1, -0.05) is 18.2 Å². The van der Waals surface area contributed by atoms with E-state index in [0.29, 0.717) is 12.6 Å². The average molecular weight is 320 g/mol. The number of ether oxygens (including phenoxy) is 2. The third-order valence-electron chi connectivity index (χ3n) is 4.76. The maximum atomic E-state index is 8.97. The van der Waals surface area contributed by atoms with Crippen LogP contribution in [-0.2, 0) is 11.3 Å². The minimum absolute atomic E-state index is 0.0527. The predicted octanol–water partition coefficient (Wildman–Crippen LogP) is 1.35. The molecule has 2 saturated heterocycles. The molecular weight excluding hydrogens is 292 g/mol. The van der Waals surface area contributed by atoms with E-state index in [2.05, 4.69) is 21.9 Å². The van der Waals surface area contributed by atoms with Gasteiger partial charge in [-0.15, -0.1) is 0 Å². The monoisotopic (exact) mass is 320 g/mol. The van der Waals surface area contributed by atoms with Gasteiger partial charge in [0.15, 0.2) is 0 Å². The highest BCUT2D eigenvalue weighted by atomic mass is 16.5. The highest BCUT2D eigenvalue weighted by Gasteiger charge is 2.26. The molecule has 1 aromatic carbocycles. The summed E-state index contributed by atoms with van der Waals surface area (Å²) in [7, 11) is 0. The molecule has 0 saturated carbocycles. The highest BCUT2D eigenvalue weighted by Crippen LogP contribution is 2.23. The maximum Gasteiger partial charge on any atom is 0.123 e. The number of hydrogen-bond donors (Lipinski definition) is 1. The quantitative estimate of drug-likeness (QED) is 0.857. The molecule has 5 heteroatoms. The average Bonchev–Trinajstić information content (AvgIpc) is 2.62. The summed E-state index contributed by atoms with van der Waals surface area (Å²) in [5.74, 6) is 0.898. The van der Waals surface area contributed by atoms with E-state index in [-0.39, 0.29) is 6.61 Å². The Kier molecular flexibility index (Phi) is 6.28. The number of piperidine rings is 1. The van der Waals surface area contributed by atoms with E-state index >= 15 is 0 Å². The number of morpholine rings is 1. The topological polar surface area (TPSA) is 45.2 Å². The molecule has 1 N–H and O–H groups in total. The number of likely N-dealkylation sites (tertiary alicyclic amines) is 1. The largest absolute Gasteiger partial charge is 0.491 e. The number of aliphatic hydroxyl groups excluding tert-OH is 1. The van der Waals surface area contributed by atoms with Crippen molar-refractivity contribution < 1.29 is 14.6 Å². The summed E-state index contributed by atoms with van der Waals surface area (Å²) >= 11 is 0. The van der Waals surface area contributed by atoms with E-state index in [1.165, 1.54) is 18.4 Å². The number of rotatable bonds is 6. The Hall–Kier alpha value is -1.14. The van der Waals surface area contributed by atoms with Gasteiger partial charge in [0.2, 0.25) is 0 Å². The Morgan fingerprint density at radius 2 is 2.00 bits per heavy atom. The van der Waals surface area contributed by atoms with E-state index in [1.54, 1.807) is 0 Å². The van der Waals surface area contributed by atoms with Gasteiger partial charge < -0.3 is 14.6 Å². The highest BCUT2D eigenvalue weighted by molar-refractivity contribution is 5.33. The van der Waals surface area contributed by atoms with Crippen LogP contribution in [0.15, 0.2) is 24.3 Å². The van der Waals surface area contributed by atoms with Gasteiger partial charge in [0.25, 0.3) is 0 Å². The van der Waals surface area contributed by atoms with Crippen LogP contribution in [-0.4, -0.2) is 73.6 Å². The number of aliphatic hydroxyl groups is 1. The first-order chi connectivity index (χ1) is 11.4. The number of hydrogen-bond acceptors (Lipinski definition) is 5. The normalized spacial score (nSPS) is 23.8. The zero-order chi connectivity index (χ0) is 15.9. The van der Waals surface area contributed by atoms with Gasteiger partial charge in [-0.3, -0.25) is 9.80 Å². The van der Waals surface area contributed by atoms with Crippen molar-refractivity contribution >= 4 is 0 Å². The fraction of sp³-hybridized carbons (Fsp3) is 0.667. The second kappa shape index (κ2) is 8.64. The summed E-state index contributed by atoms with van der Waals surface area (Å²) in [5, 5.41) is 8.97. The standard InChI is InChI=1S/C18H28N2O3/c21-10-13-23-18-6-2-1-4-16(18)14-19-7-3-5-17(15-19)20-8-11-22-12-9-20/h1-2,4,6,17,21H,3,5,7-15H2. The molecule has 2 aliphatic rings. The van der Waals surface area contributed by atoms with Crippen molar-refractivity contribution in [3.05, 3.63) is 29.8 Å². The predicted molar refractivity (Wildman–Crippen MR) is 89.7 cm³/mol. The van der Waals surface area contributed by atoms with Gasteiger partial charge in [0.1, 0.15) is 12.4 Å². The van der Waals surface area contributed by atoms with E-state index in [4.69, 9.17) is 14.6 Å². The molecule has 0 bridgehead atoms. The molecule has 2 fully saturated rings. The van der Waals surface area contributed by atoms with Gasteiger partial charge in [-0.05, 0) is 25.5 Å². The molecule has 5 nitrogen and oxygen atoms in total. The van der Waals surface area contributed by atoms with Crippen LogP contribution in [0.3, 0.4) is 0 Å². The first-order valence-corrected chi connectivity index (χ1v) is 8.72. The molecule has 128 valence electrons. The van der Waals surface area contributed by atoms with Gasteiger partial charge >= 0.3 is 0 Å². The Morgan fingerprint density at radius 3 is 2.83 bits per heavy atom. The third kappa shape index (κ3) is 4.67. The lowest BCUT2D eigenvalue weighted by Gasteiger charge is -2.41. The van der Waals surface area contributed by atoms with Crippen LogP contribution < -0.4 is 4.74 Å². The molecule has 0 spiro atoms. The van der Waals surface area contributed by atoms with Crippen LogP contribution in [0.4, 0.5) is 0 Å². The van der Waals surface area contributed by atoms with Crippen molar-refractivity contribution in [2.24, 2.45) is 0 Å². The Labute approximate surface area is 138 Å². The van der Waals surface area contributed by atoms with E-state index in [1.807, 2.05) is 12.1 Å². The minimum atomic E-state index is 0.0527. The summed E-state index contributed by atoms with van der Waals surface area (Å²) in [5.41, 5.74) is 1.21. The van der Waals surface area contributed by atoms with Crippen molar-refractivity contribution in [1.82, 2.24) is 9.80 Å². The lowest BCUT2D eigenvalue weighted by Crippen LogP contribution is -2.51. The van der Waals surface area contributed by atoms with Gasteiger partial charge in [-0.2, -0.15) is 0 Å². The lowest BCUT2D eigenvalue weighted by molar-refractivity contribution is -0.00367. The number of benzene rings is 1. The molecule has 2 heterocycles. The zero-order valence-corrected chi connectivity index (χ0v) is 13.8. The van der Waals surface area contributed by atoms with Crippen molar-refractivity contribution in [2.45, 2.75) is 25.4 Å². The second-order valence-corrected chi connectivity index (χ2v) is 6.36. The van der Waals surface area contributed by atoms with Crippen molar-refractivity contribution in [3.8, 4) is 5.75 Å². The fourth-order valence-electron chi connectivity index (χ4n) is 3.59. The molecule has 23 heavy (non-hydrogen) atoms. The molecule has 0 radical (unpaired) electrons. The van der Waals surface area contributed by atoms with Crippen LogP contribution >= 0.6 is 0 Å². The maximum absolute atomic E-state index is 8.97. The van der Waals surface area contributed by atoms with Crippen LogP contribution in [0, 0.1) is 0 Å². The summed E-state index contributed by atoms with van der Waals surface area (Å²) in [6.07, 6.45) is 2.54. The first-order valence-electron chi connectivity index (χ1n) is 8.72. The van der Waals surface area contributed by atoms with Crippen LogP contribution in [0.25, 0.3) is 0 Å². The first kappa shape index (κ1) is 16.7. The molecule has 3 rings (SSSR count). The Morgan fingerprint density at radius 1 is 1.17 bits per heavy atom. The van der Waals surface area contributed by atoms with E-state index in [9.17, 15) is 0 Å².